The van der Waals surface area contributed by atoms with Crippen molar-refractivity contribution >= 4 is 17.4 Å². The predicted molar refractivity (Wildman–Crippen MR) is 71.1 cm³/mol. The van der Waals surface area contributed by atoms with Crippen molar-refractivity contribution in [2.24, 2.45) is 5.73 Å². The van der Waals surface area contributed by atoms with E-state index < -0.39 is 0 Å². The molecule has 1 rings (SSSR count). The largest absolute Gasteiger partial charge is 0.493 e. The van der Waals surface area contributed by atoms with E-state index >= 15 is 0 Å². The summed E-state index contributed by atoms with van der Waals surface area (Å²) in [5.74, 6) is 0.502. The van der Waals surface area contributed by atoms with Gasteiger partial charge in [0.05, 0.1) is 17.2 Å². The van der Waals surface area contributed by atoms with Gasteiger partial charge in [-0.05, 0) is 32.6 Å². The molecular formula is C12H18ClN3O. The number of benzene rings is 1. The fourth-order valence-corrected chi connectivity index (χ4v) is 1.72. The van der Waals surface area contributed by atoms with E-state index in [1.807, 2.05) is 14.1 Å². The molecule has 3 N–H and O–H groups in total. The quantitative estimate of drug-likeness (QED) is 0.464. The Bertz CT molecular complexity index is 393. The van der Waals surface area contributed by atoms with E-state index in [0.29, 0.717) is 22.9 Å². The summed E-state index contributed by atoms with van der Waals surface area (Å²) < 4.78 is 5.60. The van der Waals surface area contributed by atoms with Gasteiger partial charge in [-0.25, -0.2) is 0 Å². The first kappa shape index (κ1) is 13.8. The average Bonchev–Trinajstić information content (AvgIpc) is 2.23. The van der Waals surface area contributed by atoms with Crippen LogP contribution in [-0.4, -0.2) is 38.0 Å². The highest BCUT2D eigenvalue weighted by Gasteiger charge is 2.10. The van der Waals surface area contributed by atoms with E-state index in [1.54, 1.807) is 18.2 Å². The molecule has 0 saturated carbocycles. The van der Waals surface area contributed by atoms with Gasteiger partial charge in [-0.2, -0.15) is 0 Å². The minimum Gasteiger partial charge on any atom is -0.493 e. The van der Waals surface area contributed by atoms with Gasteiger partial charge < -0.3 is 15.4 Å². The Morgan fingerprint density at radius 1 is 1.47 bits per heavy atom. The van der Waals surface area contributed by atoms with E-state index in [4.69, 9.17) is 27.5 Å². The lowest BCUT2D eigenvalue weighted by molar-refractivity contribution is 0.281. The molecule has 0 atom stereocenters. The highest BCUT2D eigenvalue weighted by Crippen LogP contribution is 2.25. The van der Waals surface area contributed by atoms with Gasteiger partial charge in [-0.15, -0.1) is 0 Å². The molecule has 5 heteroatoms. The van der Waals surface area contributed by atoms with Crippen LogP contribution < -0.4 is 10.5 Å². The molecule has 0 unspecified atom stereocenters. The number of nitrogen functional groups attached to an aromatic ring is 1. The zero-order valence-electron chi connectivity index (χ0n) is 10.2. The Morgan fingerprint density at radius 3 is 2.76 bits per heavy atom. The van der Waals surface area contributed by atoms with Crippen LogP contribution in [0.25, 0.3) is 0 Å². The van der Waals surface area contributed by atoms with E-state index in [0.717, 1.165) is 13.0 Å². The number of amidine groups is 1. The summed E-state index contributed by atoms with van der Waals surface area (Å²) in [6.07, 6.45) is 0.914. The predicted octanol–water partition coefficient (Wildman–Crippen LogP) is 1.95. The number of nitrogens with one attached hydrogen (secondary N) is 1. The minimum atomic E-state index is -0.0711. The summed E-state index contributed by atoms with van der Waals surface area (Å²) in [6.45, 7) is 1.54. The maximum Gasteiger partial charge on any atom is 0.131 e. The van der Waals surface area contributed by atoms with Crippen molar-refractivity contribution in [1.29, 1.82) is 5.41 Å². The van der Waals surface area contributed by atoms with E-state index in [-0.39, 0.29) is 5.84 Å². The Kier molecular flexibility index (Phi) is 5.25. The zero-order valence-corrected chi connectivity index (χ0v) is 10.9. The van der Waals surface area contributed by atoms with Gasteiger partial charge >= 0.3 is 0 Å². The first-order valence-electron chi connectivity index (χ1n) is 5.43. The molecule has 0 saturated heterocycles. The van der Waals surface area contributed by atoms with Gasteiger partial charge in [0.2, 0.25) is 0 Å². The zero-order chi connectivity index (χ0) is 12.8. The number of ether oxygens (including phenoxy) is 1. The molecule has 0 aliphatic carbocycles. The monoisotopic (exact) mass is 255 g/mol. The molecule has 0 fully saturated rings. The summed E-state index contributed by atoms with van der Waals surface area (Å²) in [5.41, 5.74) is 5.95. The van der Waals surface area contributed by atoms with Crippen LogP contribution in [0.3, 0.4) is 0 Å². The van der Waals surface area contributed by atoms with Crippen molar-refractivity contribution in [3.63, 3.8) is 0 Å². The van der Waals surface area contributed by atoms with Crippen LogP contribution in [0.1, 0.15) is 12.0 Å². The molecule has 1 aromatic carbocycles. The van der Waals surface area contributed by atoms with Gasteiger partial charge in [-0.3, -0.25) is 5.41 Å². The molecule has 0 heterocycles. The molecule has 94 valence electrons. The fourth-order valence-electron chi connectivity index (χ4n) is 1.45. The van der Waals surface area contributed by atoms with Gasteiger partial charge in [0.15, 0.2) is 0 Å². The van der Waals surface area contributed by atoms with Crippen LogP contribution in [0.15, 0.2) is 18.2 Å². The lowest BCUT2D eigenvalue weighted by Gasteiger charge is -2.13. The number of nitrogens with two attached hydrogens (primary N) is 1. The Labute approximate surface area is 107 Å². The third-order valence-corrected chi connectivity index (χ3v) is 2.57. The maximum absolute atomic E-state index is 7.47. The fraction of sp³-hybridized carbons (Fsp3) is 0.417. The lowest BCUT2D eigenvalue weighted by Crippen LogP contribution is -2.17. The molecule has 4 nitrogen and oxygen atoms in total. The molecule has 0 spiro atoms. The molecule has 0 aromatic heterocycles. The van der Waals surface area contributed by atoms with Crippen molar-refractivity contribution in [3.05, 3.63) is 28.8 Å². The standard InChI is InChI=1S/C12H18ClN3O/c1-16(2)7-4-8-17-10-6-3-5-9(13)11(10)12(14)15/h3,5-6H,4,7-8H2,1-2H3,(H3,14,15). The summed E-state index contributed by atoms with van der Waals surface area (Å²) in [5, 5.41) is 7.92. The lowest BCUT2D eigenvalue weighted by atomic mass is 10.2. The SMILES string of the molecule is CN(C)CCCOc1cccc(Cl)c1C(=N)N. The second kappa shape index (κ2) is 6.47. The topological polar surface area (TPSA) is 62.3 Å². The summed E-state index contributed by atoms with van der Waals surface area (Å²) >= 11 is 5.98. The number of halogens is 1. The van der Waals surface area contributed by atoms with Crippen molar-refractivity contribution in [3.8, 4) is 5.75 Å². The Morgan fingerprint density at radius 2 is 2.18 bits per heavy atom. The highest BCUT2D eigenvalue weighted by atomic mass is 35.5. The Balaban J connectivity index is 2.64. The van der Waals surface area contributed by atoms with Crippen molar-refractivity contribution in [1.82, 2.24) is 4.90 Å². The molecule has 0 aliphatic heterocycles. The van der Waals surface area contributed by atoms with Crippen LogP contribution in [0.4, 0.5) is 0 Å². The molecular weight excluding hydrogens is 238 g/mol. The van der Waals surface area contributed by atoms with Crippen LogP contribution in [0.2, 0.25) is 5.02 Å². The van der Waals surface area contributed by atoms with Crippen LogP contribution in [0, 0.1) is 5.41 Å². The van der Waals surface area contributed by atoms with E-state index in [2.05, 4.69) is 4.90 Å². The average molecular weight is 256 g/mol. The highest BCUT2D eigenvalue weighted by molar-refractivity contribution is 6.34. The third-order valence-electron chi connectivity index (χ3n) is 2.25. The van der Waals surface area contributed by atoms with Crippen LogP contribution in [0.5, 0.6) is 5.75 Å². The van der Waals surface area contributed by atoms with Gasteiger partial charge in [0, 0.05) is 6.54 Å². The molecule has 1 aromatic rings. The van der Waals surface area contributed by atoms with Crippen molar-refractivity contribution < 1.29 is 4.74 Å². The second-order valence-corrected chi connectivity index (χ2v) is 4.44. The number of nitrogens with zero attached hydrogens (tertiary/aromatic N) is 1. The van der Waals surface area contributed by atoms with E-state index in [9.17, 15) is 0 Å². The first-order chi connectivity index (χ1) is 8.02. The van der Waals surface area contributed by atoms with Gasteiger partial charge in [0.1, 0.15) is 11.6 Å². The number of hydrogen-bond acceptors (Lipinski definition) is 3. The number of rotatable bonds is 6. The molecule has 0 bridgehead atoms. The maximum atomic E-state index is 7.47. The molecule has 0 radical (unpaired) electrons. The van der Waals surface area contributed by atoms with Crippen molar-refractivity contribution in [2.45, 2.75) is 6.42 Å². The summed E-state index contributed by atoms with van der Waals surface area (Å²) in [6, 6.07) is 5.26. The number of hydrogen-bond donors (Lipinski definition) is 2. The second-order valence-electron chi connectivity index (χ2n) is 4.03. The first-order valence-corrected chi connectivity index (χ1v) is 5.80. The smallest absolute Gasteiger partial charge is 0.131 e. The summed E-state index contributed by atoms with van der Waals surface area (Å²) in [7, 11) is 4.03. The van der Waals surface area contributed by atoms with Crippen LogP contribution >= 0.6 is 11.6 Å². The van der Waals surface area contributed by atoms with Gasteiger partial charge in [0.25, 0.3) is 0 Å². The van der Waals surface area contributed by atoms with Gasteiger partial charge in [-0.1, -0.05) is 17.7 Å². The van der Waals surface area contributed by atoms with E-state index in [1.165, 1.54) is 0 Å². The Hall–Kier alpha value is -1.26. The molecule has 0 amide bonds. The normalized spacial score (nSPS) is 10.6. The molecule has 17 heavy (non-hydrogen) atoms. The van der Waals surface area contributed by atoms with Crippen LogP contribution in [-0.2, 0) is 0 Å². The van der Waals surface area contributed by atoms with Crippen molar-refractivity contribution in [2.75, 3.05) is 27.2 Å². The minimum absolute atomic E-state index is 0.0711. The molecule has 0 aliphatic rings. The summed E-state index contributed by atoms with van der Waals surface area (Å²) in [4.78, 5) is 2.09. The third kappa shape index (κ3) is 4.24.